The number of carbonyl (C=O) groups excluding carboxylic acids is 1. The first-order valence-electron chi connectivity index (χ1n) is 10.2. The standard InChI is InChI=1S/C23H26N4O2S/c1-23(2,27-21(28)11-10-19(24-27)20-9-6-16-30-20)22(29)26-14-12-25(13-15-26)17-18-7-4-3-5-8-18/h3-11,16H,12-15,17H2,1-2H3. The van der Waals surface area contributed by atoms with Crippen LogP contribution in [0, 0.1) is 0 Å². The molecule has 0 unspecified atom stereocenters. The summed E-state index contributed by atoms with van der Waals surface area (Å²) in [7, 11) is 0. The van der Waals surface area contributed by atoms with E-state index in [-0.39, 0.29) is 11.5 Å². The van der Waals surface area contributed by atoms with Gasteiger partial charge in [0.05, 0.1) is 4.88 Å². The van der Waals surface area contributed by atoms with E-state index in [0.717, 1.165) is 24.5 Å². The average molecular weight is 423 g/mol. The molecule has 7 heteroatoms. The third kappa shape index (κ3) is 4.22. The summed E-state index contributed by atoms with van der Waals surface area (Å²) >= 11 is 1.56. The van der Waals surface area contributed by atoms with E-state index in [2.05, 4.69) is 22.1 Å². The Morgan fingerprint density at radius 1 is 1.00 bits per heavy atom. The van der Waals surface area contributed by atoms with Gasteiger partial charge in [0.15, 0.2) is 0 Å². The van der Waals surface area contributed by atoms with Gasteiger partial charge in [-0.15, -0.1) is 11.3 Å². The molecule has 3 heterocycles. The van der Waals surface area contributed by atoms with Gasteiger partial charge >= 0.3 is 0 Å². The summed E-state index contributed by atoms with van der Waals surface area (Å²) in [6.07, 6.45) is 0. The molecule has 1 aliphatic heterocycles. The topological polar surface area (TPSA) is 58.4 Å². The van der Waals surface area contributed by atoms with Gasteiger partial charge in [-0.1, -0.05) is 36.4 Å². The molecule has 4 rings (SSSR count). The molecule has 1 aliphatic rings. The van der Waals surface area contributed by atoms with Crippen LogP contribution in [0.3, 0.4) is 0 Å². The molecule has 0 radical (unpaired) electrons. The number of aromatic nitrogens is 2. The van der Waals surface area contributed by atoms with Crippen LogP contribution in [0.25, 0.3) is 10.6 Å². The maximum absolute atomic E-state index is 13.3. The molecule has 0 atom stereocenters. The van der Waals surface area contributed by atoms with Gasteiger partial charge in [0.25, 0.3) is 5.56 Å². The number of nitrogens with zero attached hydrogens (tertiary/aromatic N) is 4. The van der Waals surface area contributed by atoms with E-state index in [9.17, 15) is 9.59 Å². The maximum Gasteiger partial charge on any atom is 0.267 e. The molecule has 1 fully saturated rings. The second-order valence-electron chi connectivity index (χ2n) is 8.06. The van der Waals surface area contributed by atoms with Crippen LogP contribution < -0.4 is 5.56 Å². The fourth-order valence-corrected chi connectivity index (χ4v) is 4.49. The van der Waals surface area contributed by atoms with Crippen molar-refractivity contribution < 1.29 is 4.79 Å². The van der Waals surface area contributed by atoms with Crippen LogP contribution in [0.15, 0.2) is 64.8 Å². The van der Waals surface area contributed by atoms with Gasteiger partial charge in [0.1, 0.15) is 11.2 Å². The first-order valence-corrected chi connectivity index (χ1v) is 11.0. The lowest BCUT2D eigenvalue weighted by Crippen LogP contribution is -2.56. The number of hydrogen-bond donors (Lipinski definition) is 0. The molecule has 1 amide bonds. The lowest BCUT2D eigenvalue weighted by molar-refractivity contribution is -0.141. The number of piperazine rings is 1. The SMILES string of the molecule is CC(C)(C(=O)N1CCN(Cc2ccccc2)CC1)n1nc(-c2cccs2)ccc1=O. The predicted molar refractivity (Wildman–Crippen MR) is 119 cm³/mol. The molecule has 1 saturated heterocycles. The summed E-state index contributed by atoms with van der Waals surface area (Å²) in [5, 5.41) is 6.50. The Bertz CT molecular complexity index is 1050. The third-order valence-corrected chi connectivity index (χ3v) is 6.43. The summed E-state index contributed by atoms with van der Waals surface area (Å²) in [6, 6.07) is 17.5. The van der Waals surface area contributed by atoms with Gasteiger partial charge in [-0.2, -0.15) is 5.10 Å². The highest BCUT2D eigenvalue weighted by Crippen LogP contribution is 2.23. The molecule has 1 aromatic carbocycles. The van der Waals surface area contributed by atoms with Gasteiger partial charge in [0.2, 0.25) is 5.91 Å². The van der Waals surface area contributed by atoms with E-state index < -0.39 is 5.54 Å². The summed E-state index contributed by atoms with van der Waals surface area (Å²) in [6.45, 7) is 7.36. The van der Waals surface area contributed by atoms with Crippen molar-refractivity contribution in [2.75, 3.05) is 26.2 Å². The maximum atomic E-state index is 13.3. The van der Waals surface area contributed by atoms with E-state index in [0.29, 0.717) is 18.8 Å². The smallest absolute Gasteiger partial charge is 0.267 e. The minimum atomic E-state index is -1.05. The summed E-state index contributed by atoms with van der Waals surface area (Å²) in [5.41, 5.74) is 0.666. The fraction of sp³-hybridized carbons (Fsp3) is 0.348. The fourth-order valence-electron chi connectivity index (χ4n) is 3.80. The summed E-state index contributed by atoms with van der Waals surface area (Å²) in [4.78, 5) is 31.1. The number of carbonyl (C=O) groups is 1. The molecule has 6 nitrogen and oxygen atoms in total. The largest absolute Gasteiger partial charge is 0.338 e. The Hall–Kier alpha value is -2.77. The number of amides is 1. The first kappa shape index (κ1) is 20.5. The molecule has 0 N–H and O–H groups in total. The number of hydrogen-bond acceptors (Lipinski definition) is 5. The normalized spacial score (nSPS) is 15.3. The Morgan fingerprint density at radius 3 is 2.40 bits per heavy atom. The number of rotatable bonds is 5. The van der Waals surface area contributed by atoms with E-state index >= 15 is 0 Å². The van der Waals surface area contributed by atoms with Crippen LogP contribution in [0.5, 0.6) is 0 Å². The van der Waals surface area contributed by atoms with E-state index in [1.807, 2.05) is 40.6 Å². The van der Waals surface area contributed by atoms with Gasteiger partial charge in [-0.25, -0.2) is 4.68 Å². The second kappa shape index (κ2) is 8.53. The minimum Gasteiger partial charge on any atom is -0.338 e. The molecule has 0 saturated carbocycles. The molecule has 0 spiro atoms. The highest BCUT2D eigenvalue weighted by molar-refractivity contribution is 7.13. The van der Waals surface area contributed by atoms with Crippen LogP contribution in [-0.2, 0) is 16.9 Å². The molecule has 0 aliphatic carbocycles. The molecule has 156 valence electrons. The monoisotopic (exact) mass is 422 g/mol. The zero-order valence-corrected chi connectivity index (χ0v) is 18.1. The van der Waals surface area contributed by atoms with Crippen molar-refractivity contribution in [3.63, 3.8) is 0 Å². The number of thiophene rings is 1. The first-order chi connectivity index (χ1) is 14.4. The van der Waals surface area contributed by atoms with Crippen LogP contribution in [-0.4, -0.2) is 51.7 Å². The average Bonchev–Trinajstić information content (AvgIpc) is 3.30. The van der Waals surface area contributed by atoms with Crippen molar-refractivity contribution >= 4 is 17.2 Å². The van der Waals surface area contributed by atoms with Crippen molar-refractivity contribution in [3.05, 3.63) is 75.9 Å². The Labute approximate surface area is 180 Å². The van der Waals surface area contributed by atoms with E-state index in [1.54, 1.807) is 31.3 Å². The minimum absolute atomic E-state index is 0.0696. The summed E-state index contributed by atoms with van der Waals surface area (Å²) in [5.74, 6) is -0.0696. The molecule has 0 bridgehead atoms. The molecule has 2 aromatic heterocycles. The zero-order valence-electron chi connectivity index (χ0n) is 17.3. The number of benzene rings is 1. The molecular weight excluding hydrogens is 396 g/mol. The van der Waals surface area contributed by atoms with Crippen molar-refractivity contribution in [2.24, 2.45) is 0 Å². The summed E-state index contributed by atoms with van der Waals surface area (Å²) < 4.78 is 1.33. The van der Waals surface area contributed by atoms with Crippen LogP contribution in [0.2, 0.25) is 0 Å². The van der Waals surface area contributed by atoms with Crippen LogP contribution >= 0.6 is 11.3 Å². The van der Waals surface area contributed by atoms with Gasteiger partial charge in [0, 0.05) is 38.8 Å². The van der Waals surface area contributed by atoms with E-state index in [4.69, 9.17) is 0 Å². The zero-order chi connectivity index (χ0) is 21.1. The molecule has 30 heavy (non-hydrogen) atoms. The van der Waals surface area contributed by atoms with Crippen molar-refractivity contribution in [1.29, 1.82) is 0 Å². The lowest BCUT2D eigenvalue weighted by Gasteiger charge is -2.38. The van der Waals surface area contributed by atoms with Crippen LogP contribution in [0.4, 0.5) is 0 Å². The van der Waals surface area contributed by atoms with Crippen LogP contribution in [0.1, 0.15) is 19.4 Å². The highest BCUT2D eigenvalue weighted by Gasteiger charge is 2.37. The molecular formula is C23H26N4O2S. The predicted octanol–water partition coefficient (Wildman–Crippen LogP) is 3.05. The van der Waals surface area contributed by atoms with Crippen molar-refractivity contribution in [3.8, 4) is 10.6 Å². The highest BCUT2D eigenvalue weighted by atomic mass is 32.1. The Kier molecular flexibility index (Phi) is 5.83. The van der Waals surface area contributed by atoms with E-state index in [1.165, 1.54) is 16.3 Å². The van der Waals surface area contributed by atoms with Gasteiger partial charge < -0.3 is 4.90 Å². The Morgan fingerprint density at radius 2 is 1.73 bits per heavy atom. The van der Waals surface area contributed by atoms with Crippen molar-refractivity contribution in [1.82, 2.24) is 19.6 Å². The third-order valence-electron chi connectivity index (χ3n) is 5.54. The quantitative estimate of drug-likeness (QED) is 0.634. The molecule has 3 aromatic rings. The van der Waals surface area contributed by atoms with Crippen molar-refractivity contribution in [2.45, 2.75) is 25.9 Å². The van der Waals surface area contributed by atoms with Gasteiger partial charge in [-0.3, -0.25) is 14.5 Å². The lowest BCUT2D eigenvalue weighted by atomic mass is 10.0. The van der Waals surface area contributed by atoms with Gasteiger partial charge in [-0.05, 0) is 36.9 Å². The Balaban J connectivity index is 1.47. The second-order valence-corrected chi connectivity index (χ2v) is 9.01.